The highest BCUT2D eigenvalue weighted by Gasteiger charge is 2.12. The molecule has 0 heterocycles. The Labute approximate surface area is 112 Å². The molecule has 1 aromatic rings. The lowest BCUT2D eigenvalue weighted by molar-refractivity contribution is 0.0525. The highest BCUT2D eigenvalue weighted by Crippen LogP contribution is 2.17. The van der Waals surface area contributed by atoms with Crippen LogP contribution in [0, 0.1) is 0 Å². The first-order valence-electron chi connectivity index (χ1n) is 5.63. The van der Waals surface area contributed by atoms with Crippen molar-refractivity contribution in [2.45, 2.75) is 25.6 Å². The molecule has 1 aromatic carbocycles. The maximum Gasteiger partial charge on any atom is 0.338 e. The second-order valence-electron chi connectivity index (χ2n) is 3.64. The molecule has 17 heavy (non-hydrogen) atoms. The third-order valence-corrected chi connectivity index (χ3v) is 2.97. The number of ether oxygens (including phenoxy) is 1. The summed E-state index contributed by atoms with van der Waals surface area (Å²) in [4.78, 5) is 11.7. The molecule has 0 N–H and O–H groups in total. The maximum absolute atomic E-state index is 11.7. The number of hydrogen-bond donors (Lipinski definition) is 0. The molecule has 94 valence electrons. The Balaban J connectivity index is 2.93. The highest BCUT2D eigenvalue weighted by atomic mass is 35.5. The molecule has 0 saturated carbocycles. The predicted molar refractivity (Wildman–Crippen MR) is 71.0 cm³/mol. The zero-order valence-corrected chi connectivity index (χ0v) is 11.4. The molecule has 0 aliphatic heterocycles. The van der Waals surface area contributed by atoms with Crippen LogP contribution in [0.5, 0.6) is 0 Å². The van der Waals surface area contributed by atoms with Crippen molar-refractivity contribution in [2.75, 3.05) is 12.5 Å². The number of aryl methyl sites for hydroxylation is 1. The van der Waals surface area contributed by atoms with Crippen LogP contribution in [0.2, 0.25) is 0 Å². The van der Waals surface area contributed by atoms with Gasteiger partial charge >= 0.3 is 5.97 Å². The zero-order valence-electron chi connectivity index (χ0n) is 9.84. The van der Waals surface area contributed by atoms with Crippen molar-refractivity contribution in [2.24, 2.45) is 0 Å². The van der Waals surface area contributed by atoms with E-state index in [-0.39, 0.29) is 5.97 Å². The van der Waals surface area contributed by atoms with Crippen LogP contribution in [0.15, 0.2) is 18.2 Å². The Bertz CT molecular complexity index is 378. The van der Waals surface area contributed by atoms with Gasteiger partial charge in [0, 0.05) is 11.8 Å². The van der Waals surface area contributed by atoms with Crippen LogP contribution in [0.4, 0.5) is 0 Å². The molecule has 0 saturated heterocycles. The van der Waals surface area contributed by atoms with Crippen molar-refractivity contribution >= 4 is 29.2 Å². The quantitative estimate of drug-likeness (QED) is 0.583. The Morgan fingerprint density at radius 1 is 1.35 bits per heavy atom. The smallest absolute Gasteiger partial charge is 0.338 e. The van der Waals surface area contributed by atoms with Crippen LogP contribution in [-0.4, -0.2) is 18.5 Å². The number of carbonyl (C=O) groups excluding carboxylic acids is 1. The minimum Gasteiger partial charge on any atom is -0.462 e. The normalized spacial score (nSPS) is 10.3. The third-order valence-electron chi connectivity index (χ3n) is 2.41. The van der Waals surface area contributed by atoms with E-state index in [2.05, 4.69) is 0 Å². The van der Waals surface area contributed by atoms with Crippen molar-refractivity contribution in [1.82, 2.24) is 0 Å². The fourth-order valence-corrected chi connectivity index (χ4v) is 1.93. The Morgan fingerprint density at radius 2 is 2.12 bits per heavy atom. The minimum absolute atomic E-state index is 0.309. The van der Waals surface area contributed by atoms with Gasteiger partial charge in [-0.2, -0.15) is 0 Å². The number of halogens is 2. The maximum atomic E-state index is 11.7. The van der Waals surface area contributed by atoms with Crippen molar-refractivity contribution in [3.8, 4) is 0 Å². The summed E-state index contributed by atoms with van der Waals surface area (Å²) in [6.07, 6.45) is 1.75. The van der Waals surface area contributed by atoms with Gasteiger partial charge in [0.25, 0.3) is 0 Å². The Morgan fingerprint density at radius 3 is 2.71 bits per heavy atom. The number of carbonyl (C=O) groups is 1. The van der Waals surface area contributed by atoms with E-state index in [9.17, 15) is 4.79 Å². The summed E-state index contributed by atoms with van der Waals surface area (Å²) in [6, 6.07) is 5.71. The fourth-order valence-electron chi connectivity index (χ4n) is 1.57. The van der Waals surface area contributed by atoms with Crippen molar-refractivity contribution in [3.05, 3.63) is 34.9 Å². The van der Waals surface area contributed by atoms with Crippen molar-refractivity contribution in [3.63, 3.8) is 0 Å². The molecule has 0 amide bonds. The van der Waals surface area contributed by atoms with Gasteiger partial charge in [-0.1, -0.05) is 12.1 Å². The minimum atomic E-state index is -0.309. The average Bonchev–Trinajstić information content (AvgIpc) is 2.36. The van der Waals surface area contributed by atoms with E-state index in [0.29, 0.717) is 23.9 Å². The van der Waals surface area contributed by atoms with Crippen LogP contribution >= 0.6 is 23.2 Å². The van der Waals surface area contributed by atoms with Crippen LogP contribution in [-0.2, 0) is 17.0 Å². The summed E-state index contributed by atoms with van der Waals surface area (Å²) >= 11 is 11.5. The van der Waals surface area contributed by atoms with Gasteiger partial charge in [-0.05, 0) is 37.0 Å². The van der Waals surface area contributed by atoms with Crippen LogP contribution in [0.1, 0.15) is 34.8 Å². The predicted octanol–water partition coefficient (Wildman–Crippen LogP) is 3.77. The zero-order chi connectivity index (χ0) is 12.7. The third kappa shape index (κ3) is 4.21. The molecule has 4 heteroatoms. The van der Waals surface area contributed by atoms with E-state index in [0.717, 1.165) is 24.0 Å². The van der Waals surface area contributed by atoms with E-state index in [1.165, 1.54) is 0 Å². The van der Waals surface area contributed by atoms with E-state index < -0.39 is 0 Å². The first-order chi connectivity index (χ1) is 8.22. The summed E-state index contributed by atoms with van der Waals surface area (Å²) in [5, 5.41) is 0. The first-order valence-corrected chi connectivity index (χ1v) is 6.70. The molecule has 0 aliphatic carbocycles. The standard InChI is InChI=1S/C13H16Cl2O2/c1-2-17-13(16)12-8-10(4-3-7-14)5-6-11(12)9-15/h5-6,8H,2-4,7,9H2,1H3. The molecule has 0 spiro atoms. The first kappa shape index (κ1) is 14.3. The van der Waals surface area contributed by atoms with Crippen molar-refractivity contribution in [1.29, 1.82) is 0 Å². The van der Waals surface area contributed by atoms with Gasteiger partial charge in [-0.3, -0.25) is 0 Å². The van der Waals surface area contributed by atoms with Gasteiger partial charge in [0.1, 0.15) is 0 Å². The summed E-state index contributed by atoms with van der Waals surface area (Å²) in [7, 11) is 0. The molecule has 2 nitrogen and oxygen atoms in total. The Hall–Kier alpha value is -0.730. The second-order valence-corrected chi connectivity index (χ2v) is 4.28. The molecular formula is C13H16Cl2O2. The van der Waals surface area contributed by atoms with E-state index in [1.54, 1.807) is 6.92 Å². The number of esters is 1. The lowest BCUT2D eigenvalue weighted by atomic mass is 10.0. The van der Waals surface area contributed by atoms with Crippen LogP contribution < -0.4 is 0 Å². The topological polar surface area (TPSA) is 26.3 Å². The molecule has 0 atom stereocenters. The highest BCUT2D eigenvalue weighted by molar-refractivity contribution is 6.18. The molecule has 0 radical (unpaired) electrons. The monoisotopic (exact) mass is 274 g/mol. The summed E-state index contributed by atoms with van der Waals surface area (Å²) in [5.41, 5.74) is 2.45. The largest absolute Gasteiger partial charge is 0.462 e. The van der Waals surface area contributed by atoms with Crippen LogP contribution in [0.25, 0.3) is 0 Å². The van der Waals surface area contributed by atoms with Gasteiger partial charge in [-0.25, -0.2) is 4.79 Å². The van der Waals surface area contributed by atoms with E-state index >= 15 is 0 Å². The number of alkyl halides is 2. The van der Waals surface area contributed by atoms with Crippen molar-refractivity contribution < 1.29 is 9.53 Å². The summed E-state index contributed by atoms with van der Waals surface area (Å²) in [6.45, 7) is 2.15. The van der Waals surface area contributed by atoms with E-state index in [1.807, 2.05) is 18.2 Å². The molecule has 1 rings (SSSR count). The van der Waals surface area contributed by atoms with Gasteiger partial charge in [-0.15, -0.1) is 23.2 Å². The molecule has 0 aromatic heterocycles. The lowest BCUT2D eigenvalue weighted by Gasteiger charge is -2.09. The second kappa shape index (κ2) is 7.57. The Kier molecular flexibility index (Phi) is 6.38. The summed E-state index contributed by atoms with van der Waals surface area (Å²) < 4.78 is 5.01. The lowest BCUT2D eigenvalue weighted by Crippen LogP contribution is -2.08. The molecule has 0 bridgehead atoms. The SMILES string of the molecule is CCOC(=O)c1cc(CCCCl)ccc1CCl. The van der Waals surface area contributed by atoms with Crippen LogP contribution in [0.3, 0.4) is 0 Å². The van der Waals surface area contributed by atoms with Gasteiger partial charge < -0.3 is 4.74 Å². The molecular weight excluding hydrogens is 259 g/mol. The number of hydrogen-bond acceptors (Lipinski definition) is 2. The fraction of sp³-hybridized carbons (Fsp3) is 0.462. The number of benzene rings is 1. The number of rotatable bonds is 6. The summed E-state index contributed by atoms with van der Waals surface area (Å²) in [5.74, 6) is 0.617. The van der Waals surface area contributed by atoms with Gasteiger partial charge in [0.05, 0.1) is 12.2 Å². The van der Waals surface area contributed by atoms with Gasteiger partial charge in [0.2, 0.25) is 0 Å². The molecule has 0 aliphatic rings. The molecule has 0 fully saturated rings. The molecule has 0 unspecified atom stereocenters. The van der Waals surface area contributed by atoms with E-state index in [4.69, 9.17) is 27.9 Å². The van der Waals surface area contributed by atoms with Gasteiger partial charge in [0.15, 0.2) is 0 Å². The average molecular weight is 275 g/mol.